The van der Waals surface area contributed by atoms with Crippen LogP contribution in [0.1, 0.15) is 34.6 Å². The third-order valence-corrected chi connectivity index (χ3v) is 15.2. The third kappa shape index (κ3) is 5.94. The van der Waals surface area contributed by atoms with Gasteiger partial charge in [0.1, 0.15) is 0 Å². The number of rotatable bonds is 3. The third-order valence-electron chi connectivity index (χ3n) is 2.89. The Balaban J connectivity index is 0. The van der Waals surface area contributed by atoms with Gasteiger partial charge in [-0.1, -0.05) is 0 Å². The summed E-state index contributed by atoms with van der Waals surface area (Å²) in [7, 11) is 0. The number of halogens is 2. The first kappa shape index (κ1) is 21.3. The van der Waals surface area contributed by atoms with Crippen LogP contribution in [-0.2, 0) is 17.4 Å². The maximum Gasteiger partial charge on any atom is -0.147 e. The van der Waals surface area contributed by atoms with Crippen LogP contribution in [0.2, 0.25) is 13.1 Å². The summed E-state index contributed by atoms with van der Waals surface area (Å²) in [5, 5.41) is 0. The fourth-order valence-electron chi connectivity index (χ4n) is 2.22. The van der Waals surface area contributed by atoms with E-state index in [0.717, 1.165) is 0 Å². The molecule has 1 aliphatic rings. The van der Waals surface area contributed by atoms with Crippen molar-refractivity contribution in [1.82, 2.24) is 3.80 Å². The van der Waals surface area contributed by atoms with E-state index in [1.165, 1.54) is 0 Å². The van der Waals surface area contributed by atoms with Crippen LogP contribution in [0.4, 0.5) is 0 Å². The van der Waals surface area contributed by atoms with Crippen molar-refractivity contribution in [2.75, 3.05) is 0 Å². The molecule has 1 unspecified atom stereocenters. The fourth-order valence-corrected chi connectivity index (χ4v) is 14.4. The predicted octanol–water partition coefficient (Wildman–Crippen LogP) is 4.21. The smallest absolute Gasteiger partial charge is 0.147 e. The second kappa shape index (κ2) is 8.29. The van der Waals surface area contributed by atoms with Crippen LogP contribution in [0.15, 0.2) is 21.6 Å². The van der Waals surface area contributed by atoms with Crippen molar-refractivity contribution in [3.63, 3.8) is 0 Å². The second-order valence-corrected chi connectivity index (χ2v) is 18.8. The van der Waals surface area contributed by atoms with Gasteiger partial charge in [0, 0.05) is 0 Å². The van der Waals surface area contributed by atoms with Gasteiger partial charge in [0.05, 0.1) is 0 Å². The zero-order chi connectivity index (χ0) is 12.5. The van der Waals surface area contributed by atoms with Crippen LogP contribution in [0.3, 0.4) is 0 Å². The molecule has 0 radical (unpaired) electrons. The Morgan fingerprint density at radius 1 is 1.22 bits per heavy atom. The molecule has 0 aliphatic heterocycles. The molecular weight excluding hydrogens is 317 g/mol. The Morgan fingerprint density at radius 2 is 1.72 bits per heavy atom. The molecule has 107 valence electrons. The Hall–Kier alpha value is 0.951. The van der Waals surface area contributed by atoms with Gasteiger partial charge in [-0.05, 0) is 0 Å². The van der Waals surface area contributed by atoms with Gasteiger partial charge in [-0.2, -0.15) is 0 Å². The summed E-state index contributed by atoms with van der Waals surface area (Å²) in [6.07, 6.45) is 4.70. The average molecular weight is 345 g/mol. The largest absolute Gasteiger partial charge is 0.147 e. The zero-order valence-corrected chi connectivity index (χ0v) is 17.0. The molecule has 0 fully saturated rings. The van der Waals surface area contributed by atoms with E-state index < -0.39 is 24.0 Å². The minimum Gasteiger partial charge on any atom is -0.147 e. The van der Waals surface area contributed by atoms with Gasteiger partial charge in [0.15, 0.2) is 0 Å². The maximum absolute atomic E-state index is 3.99. The normalized spacial score (nSPS) is 18.8. The SMILES string of the molecule is CC1=[C]([Ti]([NH]C(C)(C)C)[SiH](C)C)C(C)C=C1.Cl.Cl. The van der Waals surface area contributed by atoms with E-state index in [4.69, 9.17) is 0 Å². The summed E-state index contributed by atoms with van der Waals surface area (Å²) in [5.41, 5.74) is 1.84. The summed E-state index contributed by atoms with van der Waals surface area (Å²) >= 11 is -1.20. The van der Waals surface area contributed by atoms with E-state index in [1.54, 1.807) is 9.45 Å². The Morgan fingerprint density at radius 3 is 2.00 bits per heavy atom. The first-order valence-corrected chi connectivity index (χ1v) is 13.4. The molecule has 1 atom stereocenters. The van der Waals surface area contributed by atoms with Crippen LogP contribution in [0.5, 0.6) is 0 Å². The van der Waals surface area contributed by atoms with E-state index in [1.807, 2.05) is 0 Å². The van der Waals surface area contributed by atoms with Crippen molar-refractivity contribution in [2.24, 2.45) is 5.92 Å². The van der Waals surface area contributed by atoms with Crippen molar-refractivity contribution < 1.29 is 17.4 Å². The molecule has 0 amide bonds. The van der Waals surface area contributed by atoms with Crippen LogP contribution in [0.25, 0.3) is 0 Å². The molecule has 1 N–H and O–H groups in total. The van der Waals surface area contributed by atoms with Crippen LogP contribution in [0, 0.1) is 5.92 Å². The van der Waals surface area contributed by atoms with Gasteiger partial charge in [0.2, 0.25) is 0 Å². The van der Waals surface area contributed by atoms with Gasteiger partial charge < -0.3 is 0 Å². The van der Waals surface area contributed by atoms with Crippen LogP contribution >= 0.6 is 24.8 Å². The number of allylic oxidation sites excluding steroid dienone is 4. The van der Waals surface area contributed by atoms with Crippen LogP contribution in [-0.4, -0.2) is 12.2 Å². The Kier molecular flexibility index (Phi) is 9.78. The van der Waals surface area contributed by atoms with E-state index in [0.29, 0.717) is 5.92 Å². The van der Waals surface area contributed by atoms with Crippen molar-refractivity contribution in [1.29, 1.82) is 0 Å². The minimum absolute atomic E-state index is 0. The molecular formula is C13H28Cl2NSiTi. The van der Waals surface area contributed by atoms with Crippen molar-refractivity contribution >= 4 is 31.5 Å². The summed E-state index contributed by atoms with van der Waals surface area (Å²) < 4.78 is 5.79. The van der Waals surface area contributed by atoms with E-state index in [2.05, 4.69) is 63.7 Å². The van der Waals surface area contributed by atoms with Gasteiger partial charge >= 0.3 is 109 Å². The quantitative estimate of drug-likeness (QED) is 0.756. The molecule has 0 aromatic carbocycles. The number of nitrogens with one attached hydrogen (secondary N) is 1. The number of hydrogen-bond donors (Lipinski definition) is 1. The Labute approximate surface area is 133 Å². The molecule has 18 heavy (non-hydrogen) atoms. The molecule has 0 bridgehead atoms. The monoisotopic (exact) mass is 344 g/mol. The maximum atomic E-state index is 3.99. The van der Waals surface area contributed by atoms with E-state index in [9.17, 15) is 0 Å². The fraction of sp³-hybridized carbons (Fsp3) is 0.692. The molecule has 1 aliphatic carbocycles. The Bertz CT molecular complexity index is 321. The molecule has 1 nitrogen and oxygen atoms in total. The topological polar surface area (TPSA) is 12.0 Å². The zero-order valence-electron chi connectivity index (χ0n) is 12.6. The minimum atomic E-state index is -1.20. The second-order valence-electron chi connectivity index (χ2n) is 6.19. The summed E-state index contributed by atoms with van der Waals surface area (Å²) in [6, 6.07) is 0. The average Bonchev–Trinajstić information content (AvgIpc) is 2.41. The summed E-state index contributed by atoms with van der Waals surface area (Å²) in [5.74, 6) is 0.694. The molecule has 0 heterocycles. The first-order chi connectivity index (χ1) is 7.22. The molecule has 0 saturated heterocycles. The molecule has 1 rings (SSSR count). The summed E-state index contributed by atoms with van der Waals surface area (Å²) in [6.45, 7) is 16.0. The first-order valence-electron chi connectivity index (χ1n) is 6.26. The molecule has 0 saturated carbocycles. The van der Waals surface area contributed by atoms with Gasteiger partial charge in [-0.15, -0.1) is 24.8 Å². The standard InChI is InChI=1S/C7H9.C4H10N.C2H7Si.2ClH.Ti/c1-6-3-4-7(2)5-6;1-4(2,3)5;1-3-2;;;/h3-4,6H,1-2H3;5H,1-3H3;3H,1-2H3;2*1H;/q;-1;;;;+1. The van der Waals surface area contributed by atoms with Crippen molar-refractivity contribution in [2.45, 2.75) is 53.3 Å². The predicted molar refractivity (Wildman–Crippen MR) is 87.3 cm³/mol. The van der Waals surface area contributed by atoms with Gasteiger partial charge in [-0.25, -0.2) is 0 Å². The van der Waals surface area contributed by atoms with Gasteiger partial charge in [-0.3, -0.25) is 0 Å². The summed E-state index contributed by atoms with van der Waals surface area (Å²) in [4.78, 5) is 0. The van der Waals surface area contributed by atoms with Crippen molar-refractivity contribution in [3.8, 4) is 0 Å². The molecule has 0 spiro atoms. The molecule has 0 aromatic rings. The number of hydrogen-bond acceptors (Lipinski definition) is 1. The molecule has 5 heteroatoms. The van der Waals surface area contributed by atoms with Crippen molar-refractivity contribution in [3.05, 3.63) is 21.6 Å². The van der Waals surface area contributed by atoms with E-state index >= 15 is 0 Å². The van der Waals surface area contributed by atoms with Gasteiger partial charge in [0.25, 0.3) is 0 Å². The van der Waals surface area contributed by atoms with Crippen LogP contribution < -0.4 is 3.80 Å². The van der Waals surface area contributed by atoms with E-state index in [-0.39, 0.29) is 30.4 Å². The molecule has 0 aromatic heterocycles.